The lowest BCUT2D eigenvalue weighted by Crippen LogP contribution is -2.09. The molecule has 154 valence electrons. The molecule has 0 saturated carbocycles. The van der Waals surface area contributed by atoms with E-state index in [9.17, 15) is 8.42 Å². The normalized spacial score (nSPS) is 11.7. The van der Waals surface area contributed by atoms with Gasteiger partial charge in [-0.25, -0.2) is 8.42 Å². The lowest BCUT2D eigenvalue weighted by atomic mass is 10.2. The Morgan fingerprint density at radius 3 is 2.43 bits per heavy atom. The first-order valence-corrected chi connectivity index (χ1v) is 12.1. The quantitative estimate of drug-likeness (QED) is 0.359. The molecule has 0 saturated heterocycles. The summed E-state index contributed by atoms with van der Waals surface area (Å²) in [6, 6.07) is 17.7. The minimum Gasteiger partial charge on any atom is -0.469 e. The van der Waals surface area contributed by atoms with E-state index >= 15 is 0 Å². The van der Waals surface area contributed by atoms with Crippen LogP contribution < -0.4 is 0 Å². The van der Waals surface area contributed by atoms with Crippen molar-refractivity contribution in [3.05, 3.63) is 77.7 Å². The highest BCUT2D eigenvalue weighted by atomic mass is 35.5. The van der Waals surface area contributed by atoms with Crippen LogP contribution in [0.3, 0.4) is 0 Å². The van der Waals surface area contributed by atoms with Crippen LogP contribution in [0.4, 0.5) is 0 Å². The fourth-order valence-electron chi connectivity index (χ4n) is 2.97. The molecular formula is C21H18ClN3O3S2. The second-order valence-electron chi connectivity index (χ2n) is 6.49. The molecule has 0 aliphatic heterocycles. The molecule has 4 rings (SSSR count). The Hall–Kier alpha value is -2.55. The average molecular weight is 460 g/mol. The van der Waals surface area contributed by atoms with Crippen molar-refractivity contribution in [2.45, 2.75) is 17.0 Å². The Labute approximate surface area is 183 Å². The van der Waals surface area contributed by atoms with Gasteiger partial charge in [0.05, 0.1) is 22.5 Å². The summed E-state index contributed by atoms with van der Waals surface area (Å²) in [5.41, 5.74) is 1.73. The van der Waals surface area contributed by atoms with Crippen molar-refractivity contribution in [3.63, 3.8) is 0 Å². The minimum absolute atomic E-state index is 0.0268. The maximum atomic E-state index is 12.6. The molecule has 2 heterocycles. The number of halogens is 1. The minimum atomic E-state index is -3.42. The van der Waals surface area contributed by atoms with Crippen molar-refractivity contribution < 1.29 is 12.8 Å². The molecular weight excluding hydrogens is 442 g/mol. The molecule has 0 unspecified atom stereocenters. The Bertz CT molecular complexity index is 1250. The van der Waals surface area contributed by atoms with Gasteiger partial charge < -0.3 is 4.42 Å². The summed E-state index contributed by atoms with van der Waals surface area (Å²) in [6.45, 7) is 1.87. The van der Waals surface area contributed by atoms with Gasteiger partial charge in [0, 0.05) is 16.5 Å². The van der Waals surface area contributed by atoms with Crippen LogP contribution in [0.5, 0.6) is 0 Å². The number of rotatable bonds is 7. The van der Waals surface area contributed by atoms with Gasteiger partial charge in [0.25, 0.3) is 0 Å². The Kier molecular flexibility index (Phi) is 5.99. The third-order valence-electron chi connectivity index (χ3n) is 4.50. The maximum absolute atomic E-state index is 12.6. The number of aryl methyl sites for hydroxylation is 1. The molecule has 0 aliphatic rings. The molecule has 4 aromatic rings. The van der Waals surface area contributed by atoms with Crippen LogP contribution in [0.25, 0.3) is 17.1 Å². The van der Waals surface area contributed by atoms with Crippen molar-refractivity contribution >= 4 is 33.2 Å². The zero-order chi connectivity index (χ0) is 21.1. The van der Waals surface area contributed by atoms with Crippen LogP contribution >= 0.6 is 23.4 Å². The van der Waals surface area contributed by atoms with Gasteiger partial charge in [0.15, 0.2) is 20.8 Å². The molecule has 9 heteroatoms. The van der Waals surface area contributed by atoms with Gasteiger partial charge in [-0.3, -0.25) is 4.57 Å². The summed E-state index contributed by atoms with van der Waals surface area (Å²) in [6.07, 6.45) is 1.61. The van der Waals surface area contributed by atoms with E-state index in [1.807, 2.05) is 47.9 Å². The second-order valence-corrected chi connectivity index (χ2v) is 10.1. The topological polar surface area (TPSA) is 78.0 Å². The first-order valence-electron chi connectivity index (χ1n) is 9.12. The molecule has 0 radical (unpaired) electrons. The summed E-state index contributed by atoms with van der Waals surface area (Å²) in [7, 11) is -3.42. The lowest BCUT2D eigenvalue weighted by Gasteiger charge is -2.10. The standard InChI is InChI=1S/C21H18ClN3O3S2/c1-15-19(11-12-28-15)20-23-24-21(25(20)17-5-3-2-4-6-17)29-13-14-30(26,27)18-9-7-16(22)8-10-18/h2-12H,13-14H2,1H3. The van der Waals surface area contributed by atoms with Crippen molar-refractivity contribution in [2.75, 3.05) is 11.5 Å². The summed E-state index contributed by atoms with van der Waals surface area (Å²) in [5, 5.41) is 9.78. The molecule has 6 nitrogen and oxygen atoms in total. The third kappa shape index (κ3) is 4.30. The van der Waals surface area contributed by atoms with Gasteiger partial charge >= 0.3 is 0 Å². The maximum Gasteiger partial charge on any atom is 0.196 e. The number of furan rings is 1. The van der Waals surface area contributed by atoms with E-state index in [1.54, 1.807) is 18.4 Å². The highest BCUT2D eigenvalue weighted by Crippen LogP contribution is 2.30. The first-order chi connectivity index (χ1) is 14.5. The molecule has 0 atom stereocenters. The van der Waals surface area contributed by atoms with Crippen molar-refractivity contribution in [3.8, 4) is 17.1 Å². The van der Waals surface area contributed by atoms with Gasteiger partial charge in [-0.05, 0) is 49.4 Å². The van der Waals surface area contributed by atoms with Crippen LogP contribution in [0.1, 0.15) is 5.76 Å². The third-order valence-corrected chi connectivity index (χ3v) is 7.68. The van der Waals surface area contributed by atoms with Crippen LogP contribution in [-0.2, 0) is 9.84 Å². The van der Waals surface area contributed by atoms with E-state index in [0.717, 1.165) is 17.0 Å². The highest BCUT2D eigenvalue weighted by molar-refractivity contribution is 8.00. The Balaban J connectivity index is 1.60. The van der Waals surface area contributed by atoms with E-state index < -0.39 is 9.84 Å². The molecule has 0 spiro atoms. The number of hydrogen-bond acceptors (Lipinski definition) is 6. The summed E-state index contributed by atoms with van der Waals surface area (Å²) in [4.78, 5) is 0.256. The number of hydrogen-bond donors (Lipinski definition) is 0. The fourth-order valence-corrected chi connectivity index (χ4v) is 5.69. The zero-order valence-corrected chi connectivity index (χ0v) is 18.4. The number of benzene rings is 2. The van der Waals surface area contributed by atoms with E-state index in [4.69, 9.17) is 16.0 Å². The van der Waals surface area contributed by atoms with Crippen LogP contribution in [0, 0.1) is 6.92 Å². The summed E-state index contributed by atoms with van der Waals surface area (Å²) >= 11 is 7.20. The zero-order valence-electron chi connectivity index (χ0n) is 16.0. The van der Waals surface area contributed by atoms with Crippen molar-refractivity contribution in [1.29, 1.82) is 0 Å². The highest BCUT2D eigenvalue weighted by Gasteiger charge is 2.20. The number of thioether (sulfide) groups is 1. The number of nitrogens with zero attached hydrogens (tertiary/aromatic N) is 3. The fraction of sp³-hybridized carbons (Fsp3) is 0.143. The number of para-hydroxylation sites is 1. The molecule has 2 aromatic heterocycles. The van der Waals surface area contributed by atoms with Crippen molar-refractivity contribution in [2.24, 2.45) is 0 Å². The monoisotopic (exact) mass is 459 g/mol. The Morgan fingerprint density at radius 1 is 1.03 bits per heavy atom. The van der Waals surface area contributed by atoms with Crippen LogP contribution in [-0.4, -0.2) is 34.7 Å². The molecule has 0 bridgehead atoms. The second kappa shape index (κ2) is 8.67. The largest absolute Gasteiger partial charge is 0.469 e. The van der Waals surface area contributed by atoms with Gasteiger partial charge in [-0.2, -0.15) is 0 Å². The number of aromatic nitrogens is 3. The molecule has 0 amide bonds. The first kappa shape index (κ1) is 20.7. The van der Waals surface area contributed by atoms with E-state index in [2.05, 4.69) is 10.2 Å². The van der Waals surface area contributed by atoms with Crippen LogP contribution in [0.2, 0.25) is 5.02 Å². The smallest absolute Gasteiger partial charge is 0.196 e. The van der Waals surface area contributed by atoms with Gasteiger partial charge in [0.1, 0.15) is 5.76 Å². The molecule has 0 fully saturated rings. The number of sulfone groups is 1. The van der Waals surface area contributed by atoms with E-state index in [1.165, 1.54) is 23.9 Å². The molecule has 0 N–H and O–H groups in total. The molecule has 30 heavy (non-hydrogen) atoms. The molecule has 2 aromatic carbocycles. The van der Waals surface area contributed by atoms with Crippen molar-refractivity contribution in [1.82, 2.24) is 14.8 Å². The SMILES string of the molecule is Cc1occc1-c1nnc(SCCS(=O)(=O)c2ccc(Cl)cc2)n1-c1ccccc1. The lowest BCUT2D eigenvalue weighted by molar-refractivity contribution is 0.535. The average Bonchev–Trinajstić information content (AvgIpc) is 3.34. The van der Waals surface area contributed by atoms with Crippen LogP contribution in [0.15, 0.2) is 81.4 Å². The predicted octanol–water partition coefficient (Wildman–Crippen LogP) is 5.06. The van der Waals surface area contributed by atoms with Gasteiger partial charge in [0.2, 0.25) is 0 Å². The summed E-state index contributed by atoms with van der Waals surface area (Å²) < 4.78 is 32.6. The van der Waals surface area contributed by atoms with Gasteiger partial charge in [-0.15, -0.1) is 10.2 Å². The summed E-state index contributed by atoms with van der Waals surface area (Å²) in [5.74, 6) is 1.69. The molecule has 0 aliphatic carbocycles. The van der Waals surface area contributed by atoms with E-state index in [-0.39, 0.29) is 10.6 Å². The predicted molar refractivity (Wildman–Crippen MR) is 118 cm³/mol. The van der Waals surface area contributed by atoms with Gasteiger partial charge in [-0.1, -0.05) is 41.6 Å². The Morgan fingerprint density at radius 2 is 1.77 bits per heavy atom. The van der Waals surface area contributed by atoms with E-state index in [0.29, 0.717) is 21.8 Å².